The van der Waals surface area contributed by atoms with Gasteiger partial charge in [0.25, 0.3) is 0 Å². The molecule has 5 aromatic rings. The van der Waals surface area contributed by atoms with E-state index in [9.17, 15) is 0 Å². The van der Waals surface area contributed by atoms with E-state index in [1.54, 1.807) is 0 Å². The minimum Gasteiger partial charge on any atom is -0.468 e. The summed E-state index contributed by atoms with van der Waals surface area (Å²) in [5.74, 6) is 12.7. The van der Waals surface area contributed by atoms with Gasteiger partial charge in [0.15, 0.2) is 26.2 Å². The van der Waals surface area contributed by atoms with Crippen molar-refractivity contribution < 1.29 is 37.9 Å². The van der Waals surface area contributed by atoms with Crippen LogP contribution < -0.4 is 18.9 Å². The van der Waals surface area contributed by atoms with E-state index in [4.69, 9.17) is 37.9 Å². The molecule has 0 radical (unpaired) electrons. The van der Waals surface area contributed by atoms with E-state index >= 15 is 0 Å². The van der Waals surface area contributed by atoms with Gasteiger partial charge in [0.1, 0.15) is 23.0 Å². The van der Waals surface area contributed by atoms with Crippen LogP contribution in [0.5, 0.6) is 23.0 Å². The van der Waals surface area contributed by atoms with Crippen LogP contribution >= 0.6 is 0 Å². The largest absolute Gasteiger partial charge is 0.468 e. The zero-order valence-electron chi connectivity index (χ0n) is 58.2. The van der Waals surface area contributed by atoms with Crippen molar-refractivity contribution in [2.45, 2.75) is 259 Å². The predicted molar refractivity (Wildman–Crippen MR) is 374 cm³/mol. The Labute approximate surface area is 552 Å². The smallest absolute Gasteiger partial charge is 0.196 e. The van der Waals surface area contributed by atoms with Crippen molar-refractivity contribution in [2.24, 2.45) is 46.8 Å². The average Bonchev–Trinajstić information content (AvgIpc) is 0.829. The molecule has 14 rings (SSSR count). The van der Waals surface area contributed by atoms with Gasteiger partial charge in [0.05, 0.1) is 25.4 Å². The maximum Gasteiger partial charge on any atom is 0.196 e. The second-order valence-corrected chi connectivity index (χ2v) is 29.7. The first kappa shape index (κ1) is 70.5. The lowest BCUT2D eigenvalue weighted by atomic mass is 9.50. The summed E-state index contributed by atoms with van der Waals surface area (Å²) in [6.45, 7) is 25.0. The topological polar surface area (TPSA) is 73.8 Å². The highest BCUT2D eigenvalue weighted by molar-refractivity contribution is 5.32. The van der Waals surface area contributed by atoms with E-state index in [1.165, 1.54) is 163 Å². The van der Waals surface area contributed by atoms with Crippen LogP contribution in [-0.4, -0.2) is 51.6 Å². The molecule has 9 aliphatic rings. The third kappa shape index (κ3) is 21.8. The fourth-order valence-electron chi connectivity index (χ4n) is 17.1. The summed E-state index contributed by atoms with van der Waals surface area (Å²) < 4.78 is 47.2. The van der Waals surface area contributed by atoms with E-state index in [-0.39, 0.29) is 18.2 Å². The summed E-state index contributed by atoms with van der Waals surface area (Å²) in [4.78, 5) is 0. The third-order valence-corrected chi connectivity index (χ3v) is 22.5. The average molecular weight is 1250 g/mol. The summed E-state index contributed by atoms with van der Waals surface area (Å²) in [5.41, 5.74) is 7.42. The lowest BCUT2D eigenvalue weighted by molar-refractivity contribution is -0.190. The molecular formula is C83H120O8. The molecule has 0 aromatic heterocycles. The lowest BCUT2D eigenvalue weighted by Gasteiger charge is -2.56. The van der Waals surface area contributed by atoms with Gasteiger partial charge in [-0.3, -0.25) is 0 Å². The van der Waals surface area contributed by atoms with Crippen LogP contribution in [0, 0.1) is 46.8 Å². The van der Waals surface area contributed by atoms with Crippen LogP contribution in [0.4, 0.5) is 0 Å². The number of benzene rings is 5. The van der Waals surface area contributed by atoms with Crippen LogP contribution in [0.1, 0.15) is 262 Å². The summed E-state index contributed by atoms with van der Waals surface area (Å²) in [7, 11) is 0. The Morgan fingerprint density at radius 3 is 1.19 bits per heavy atom. The van der Waals surface area contributed by atoms with E-state index in [2.05, 4.69) is 152 Å². The SMILES string of the molecule is CCC(C)c1ccc(OC(C)OCCC2CCCCC2)cc1.CCC(C)c1ccc(OC(C)OCCc2ccccc2)cc1.CCC(C)c1ccc(OCOC23CC4CC(CC(C4)C2)C3)cc1.CCC(C)c1ccc(OCOCC23CC4CC(CC(C4)C2)C3)cc1. The molecular weight excluding hydrogens is 1120 g/mol. The molecule has 8 heteroatoms. The Morgan fingerprint density at radius 1 is 0.407 bits per heavy atom. The van der Waals surface area contributed by atoms with Crippen molar-refractivity contribution in [3.05, 3.63) is 155 Å². The third-order valence-electron chi connectivity index (χ3n) is 22.5. The highest BCUT2D eigenvalue weighted by Crippen LogP contribution is 2.60. The van der Waals surface area contributed by atoms with E-state index in [0.717, 1.165) is 90.5 Å². The zero-order chi connectivity index (χ0) is 64.0. The van der Waals surface area contributed by atoms with Gasteiger partial charge in [-0.05, 0) is 276 Å². The summed E-state index contributed by atoms with van der Waals surface area (Å²) >= 11 is 0. The maximum absolute atomic E-state index is 6.32. The van der Waals surface area contributed by atoms with Gasteiger partial charge in [0, 0.05) is 0 Å². The first-order valence-corrected chi connectivity index (χ1v) is 36.7. The Hall–Kier alpha value is -4.86. The van der Waals surface area contributed by atoms with Gasteiger partial charge >= 0.3 is 0 Å². The Morgan fingerprint density at radius 2 is 0.780 bits per heavy atom. The molecule has 0 heterocycles. The van der Waals surface area contributed by atoms with E-state index in [0.29, 0.717) is 49.3 Å². The van der Waals surface area contributed by atoms with Crippen molar-refractivity contribution in [2.75, 3.05) is 33.4 Å². The van der Waals surface area contributed by atoms with Crippen LogP contribution in [0.2, 0.25) is 0 Å². The Balaban J connectivity index is 0.000000144. The van der Waals surface area contributed by atoms with Gasteiger partial charge in [-0.2, -0.15) is 0 Å². The molecule has 9 saturated carbocycles. The normalized spacial score (nSPS) is 26.3. The highest BCUT2D eigenvalue weighted by atomic mass is 16.7. The number of hydrogen-bond acceptors (Lipinski definition) is 8. The first-order chi connectivity index (χ1) is 44.2. The fourth-order valence-corrected chi connectivity index (χ4v) is 17.1. The second kappa shape index (κ2) is 35.6. The highest BCUT2D eigenvalue weighted by Gasteiger charge is 2.52. The summed E-state index contributed by atoms with van der Waals surface area (Å²) in [6.07, 6.45) is 30.2. The molecule has 91 heavy (non-hydrogen) atoms. The zero-order valence-corrected chi connectivity index (χ0v) is 58.2. The van der Waals surface area contributed by atoms with Crippen molar-refractivity contribution >= 4 is 0 Å². The van der Waals surface area contributed by atoms with Gasteiger partial charge in [-0.15, -0.1) is 0 Å². The minimum atomic E-state index is -0.238. The summed E-state index contributed by atoms with van der Waals surface area (Å²) in [5, 5.41) is 0. The number of rotatable bonds is 29. The minimum absolute atomic E-state index is 0.144. The Kier molecular flexibility index (Phi) is 27.6. The van der Waals surface area contributed by atoms with Gasteiger partial charge in [-0.1, -0.05) is 166 Å². The van der Waals surface area contributed by atoms with Crippen LogP contribution in [0.15, 0.2) is 127 Å². The predicted octanol–water partition coefficient (Wildman–Crippen LogP) is 22.4. The second-order valence-electron chi connectivity index (χ2n) is 29.7. The van der Waals surface area contributed by atoms with Gasteiger partial charge in [-0.25, -0.2) is 0 Å². The molecule has 9 aliphatic carbocycles. The molecule has 5 aromatic carbocycles. The maximum atomic E-state index is 6.32. The van der Waals surface area contributed by atoms with Crippen molar-refractivity contribution in [1.82, 2.24) is 0 Å². The van der Waals surface area contributed by atoms with Gasteiger partial charge in [0.2, 0.25) is 0 Å². The summed E-state index contributed by atoms with van der Waals surface area (Å²) in [6, 6.07) is 44.2. The molecule has 0 N–H and O–H groups in total. The fraction of sp³-hybridized carbons (Fsp3) is 0.639. The number of hydrogen-bond donors (Lipinski definition) is 0. The quantitative estimate of drug-likeness (QED) is 0.0346. The molecule has 6 unspecified atom stereocenters. The standard InChI is InChI=1S/C22H32O2.C21H30O2.C20H32O2.C20H26O2/c1-3-16(2)20-4-6-21(7-5-20)24-15-23-14-22-11-17-8-18(12-22)10-19(9-17)13-22;1-3-15(2)19-4-6-20(7-5-19)22-14-23-21-11-16-8-17(12-21)10-18(9-16)13-21;2*1-4-16(2)19-10-12-20(13-11-19)22-17(3)21-15-14-18-8-6-5-7-9-18/h4-7,16-19H,3,8-15H2,1-2H3;4-7,15-18H,3,8-14H2,1-2H3;10-13,16-18H,4-9,14-15H2,1-3H3;5-13,16-17H,4,14-15H2,1-3H3. The first-order valence-electron chi connectivity index (χ1n) is 36.7. The number of ether oxygens (including phenoxy) is 8. The molecule has 6 atom stereocenters. The monoisotopic (exact) mass is 1240 g/mol. The van der Waals surface area contributed by atoms with Crippen LogP contribution in [0.3, 0.4) is 0 Å². The Bertz CT molecular complexity index is 2720. The van der Waals surface area contributed by atoms with Crippen molar-refractivity contribution in [3.63, 3.8) is 0 Å². The van der Waals surface area contributed by atoms with Gasteiger partial charge < -0.3 is 37.9 Å². The van der Waals surface area contributed by atoms with Crippen LogP contribution in [0.25, 0.3) is 0 Å². The van der Waals surface area contributed by atoms with E-state index < -0.39 is 0 Å². The molecule has 0 saturated heterocycles. The van der Waals surface area contributed by atoms with Crippen molar-refractivity contribution in [3.8, 4) is 23.0 Å². The molecule has 500 valence electrons. The van der Waals surface area contributed by atoms with Crippen LogP contribution in [-0.2, 0) is 25.4 Å². The molecule has 8 bridgehead atoms. The lowest BCUT2D eigenvalue weighted by Crippen LogP contribution is -2.52. The molecule has 0 amide bonds. The van der Waals surface area contributed by atoms with Crippen molar-refractivity contribution in [1.29, 1.82) is 0 Å². The molecule has 8 nitrogen and oxygen atoms in total. The molecule has 9 fully saturated rings. The van der Waals surface area contributed by atoms with E-state index in [1.807, 2.05) is 44.2 Å². The molecule has 0 spiro atoms. The molecule has 0 aliphatic heterocycles.